The summed E-state index contributed by atoms with van der Waals surface area (Å²) in [6.45, 7) is 0. The summed E-state index contributed by atoms with van der Waals surface area (Å²) in [5, 5.41) is 5.30. The first-order chi connectivity index (χ1) is 15.0. The summed E-state index contributed by atoms with van der Waals surface area (Å²) < 4.78 is 23.7. The molecule has 7 heteroatoms. The lowest BCUT2D eigenvalue weighted by molar-refractivity contribution is -0.113. The number of nitrogens with one attached hydrogen (secondary N) is 2. The van der Waals surface area contributed by atoms with Crippen LogP contribution in [0.3, 0.4) is 0 Å². The molecule has 3 aromatic carbocycles. The first-order valence-corrected chi connectivity index (χ1v) is 9.37. The van der Waals surface area contributed by atoms with Gasteiger partial charge in [0.1, 0.15) is 11.5 Å². The van der Waals surface area contributed by atoms with Gasteiger partial charge in [0.05, 0.1) is 14.2 Å². The van der Waals surface area contributed by atoms with E-state index in [0.717, 1.165) is 0 Å². The zero-order chi connectivity index (χ0) is 22.2. The van der Waals surface area contributed by atoms with Crippen LogP contribution in [0.25, 0.3) is 6.08 Å². The quantitative estimate of drug-likeness (QED) is 0.560. The van der Waals surface area contributed by atoms with Crippen molar-refractivity contribution in [2.24, 2.45) is 0 Å². The molecule has 3 rings (SSSR count). The van der Waals surface area contributed by atoms with Gasteiger partial charge in [0.2, 0.25) is 0 Å². The highest BCUT2D eigenvalue weighted by molar-refractivity contribution is 6.10. The second-order valence-electron chi connectivity index (χ2n) is 6.45. The second-order valence-corrected chi connectivity index (χ2v) is 6.45. The van der Waals surface area contributed by atoms with Crippen molar-refractivity contribution >= 4 is 23.6 Å². The topological polar surface area (TPSA) is 76.7 Å². The van der Waals surface area contributed by atoms with Gasteiger partial charge in [-0.15, -0.1) is 0 Å². The molecule has 0 atom stereocenters. The minimum absolute atomic E-state index is 0.00500. The molecule has 0 radical (unpaired) electrons. The number of carbonyl (C=O) groups is 2. The van der Waals surface area contributed by atoms with Gasteiger partial charge in [-0.05, 0) is 60.2 Å². The largest absolute Gasteiger partial charge is 0.493 e. The highest BCUT2D eigenvalue weighted by Crippen LogP contribution is 2.28. The maximum Gasteiger partial charge on any atom is 0.272 e. The number of halogens is 1. The molecule has 0 spiro atoms. The SMILES string of the molecule is COc1ccc(C=C(NC(=O)c2ccccc2)C(=O)Nc2ccc(F)cc2)cc1OC. The minimum atomic E-state index is -0.564. The van der Waals surface area contributed by atoms with Crippen LogP contribution >= 0.6 is 0 Å². The van der Waals surface area contributed by atoms with Crippen LogP contribution in [-0.4, -0.2) is 26.0 Å². The Balaban J connectivity index is 1.92. The van der Waals surface area contributed by atoms with E-state index >= 15 is 0 Å². The van der Waals surface area contributed by atoms with E-state index in [-0.39, 0.29) is 5.70 Å². The Labute approximate surface area is 179 Å². The molecule has 158 valence electrons. The Morgan fingerprint density at radius 3 is 2.19 bits per heavy atom. The summed E-state index contributed by atoms with van der Waals surface area (Å²) in [5.41, 5.74) is 1.40. The fraction of sp³-hybridized carbons (Fsp3) is 0.0833. The Bertz CT molecular complexity index is 1100. The molecule has 6 nitrogen and oxygen atoms in total. The zero-order valence-electron chi connectivity index (χ0n) is 17.0. The van der Waals surface area contributed by atoms with Crippen LogP contribution in [-0.2, 0) is 4.79 Å². The highest BCUT2D eigenvalue weighted by atomic mass is 19.1. The summed E-state index contributed by atoms with van der Waals surface area (Å²) in [6.07, 6.45) is 1.52. The average molecular weight is 420 g/mol. The van der Waals surface area contributed by atoms with Gasteiger partial charge in [0.15, 0.2) is 11.5 Å². The van der Waals surface area contributed by atoms with E-state index in [1.807, 2.05) is 0 Å². The molecule has 0 aromatic heterocycles. The van der Waals surface area contributed by atoms with Crippen LogP contribution in [0, 0.1) is 5.82 Å². The molecule has 2 N–H and O–H groups in total. The number of carbonyl (C=O) groups excluding carboxylic acids is 2. The standard InChI is InChI=1S/C24H21FN2O4/c1-30-21-13-8-16(15-22(21)31-2)14-20(27-23(28)17-6-4-3-5-7-17)24(29)26-19-11-9-18(25)10-12-19/h3-15H,1-2H3,(H,26,29)(H,27,28). The van der Waals surface area contributed by atoms with E-state index in [1.54, 1.807) is 48.5 Å². The van der Waals surface area contributed by atoms with E-state index in [4.69, 9.17) is 9.47 Å². The molecule has 0 aliphatic rings. The van der Waals surface area contributed by atoms with E-state index in [2.05, 4.69) is 10.6 Å². The maximum atomic E-state index is 13.2. The lowest BCUT2D eigenvalue weighted by Gasteiger charge is -2.12. The highest BCUT2D eigenvalue weighted by Gasteiger charge is 2.16. The smallest absolute Gasteiger partial charge is 0.272 e. The monoisotopic (exact) mass is 420 g/mol. The molecule has 0 unspecified atom stereocenters. The summed E-state index contributed by atoms with van der Waals surface area (Å²) in [7, 11) is 3.03. The predicted octanol–water partition coefficient (Wildman–Crippen LogP) is 4.25. The molecule has 0 saturated heterocycles. The van der Waals surface area contributed by atoms with E-state index < -0.39 is 17.6 Å². The molecule has 0 aliphatic heterocycles. The number of ether oxygens (including phenoxy) is 2. The van der Waals surface area contributed by atoms with Gasteiger partial charge >= 0.3 is 0 Å². The van der Waals surface area contributed by atoms with Gasteiger partial charge in [0, 0.05) is 11.3 Å². The number of amides is 2. The minimum Gasteiger partial charge on any atom is -0.493 e. The van der Waals surface area contributed by atoms with Crippen molar-refractivity contribution in [1.29, 1.82) is 0 Å². The summed E-state index contributed by atoms with van der Waals surface area (Å²) in [4.78, 5) is 25.5. The third-order valence-corrected chi connectivity index (χ3v) is 4.35. The van der Waals surface area contributed by atoms with Crippen molar-refractivity contribution in [2.45, 2.75) is 0 Å². The van der Waals surface area contributed by atoms with Crippen LogP contribution in [0.4, 0.5) is 10.1 Å². The van der Waals surface area contributed by atoms with Crippen molar-refractivity contribution in [1.82, 2.24) is 5.32 Å². The number of anilines is 1. The predicted molar refractivity (Wildman–Crippen MR) is 116 cm³/mol. The number of rotatable bonds is 7. The van der Waals surface area contributed by atoms with Gasteiger partial charge < -0.3 is 20.1 Å². The number of hydrogen-bond acceptors (Lipinski definition) is 4. The van der Waals surface area contributed by atoms with E-state index in [9.17, 15) is 14.0 Å². The average Bonchev–Trinajstić information content (AvgIpc) is 2.80. The molecule has 2 amide bonds. The van der Waals surface area contributed by atoms with Crippen molar-refractivity contribution in [3.8, 4) is 11.5 Å². The molecule has 0 heterocycles. The van der Waals surface area contributed by atoms with Crippen molar-refractivity contribution in [3.63, 3.8) is 0 Å². The Morgan fingerprint density at radius 2 is 1.55 bits per heavy atom. The van der Waals surface area contributed by atoms with Gasteiger partial charge in [-0.3, -0.25) is 9.59 Å². The van der Waals surface area contributed by atoms with Crippen LogP contribution in [0.2, 0.25) is 0 Å². The molecular weight excluding hydrogens is 399 g/mol. The Morgan fingerprint density at radius 1 is 0.871 bits per heavy atom. The summed E-state index contributed by atoms with van der Waals surface area (Å²) in [6, 6.07) is 18.9. The second kappa shape index (κ2) is 10.1. The normalized spacial score (nSPS) is 10.9. The van der Waals surface area contributed by atoms with Gasteiger partial charge in [-0.1, -0.05) is 24.3 Å². The number of hydrogen-bond donors (Lipinski definition) is 2. The molecule has 0 saturated carbocycles. The van der Waals surface area contributed by atoms with Crippen LogP contribution in [0.15, 0.2) is 78.5 Å². The first-order valence-electron chi connectivity index (χ1n) is 9.37. The molecular formula is C24H21FN2O4. The number of benzene rings is 3. The molecule has 0 fully saturated rings. The van der Waals surface area contributed by atoms with E-state index in [0.29, 0.717) is 28.3 Å². The maximum absolute atomic E-state index is 13.2. The molecule has 3 aromatic rings. The van der Waals surface area contributed by atoms with Gasteiger partial charge in [0.25, 0.3) is 11.8 Å². The van der Waals surface area contributed by atoms with Gasteiger partial charge in [-0.25, -0.2) is 4.39 Å². The van der Waals surface area contributed by atoms with Crippen molar-refractivity contribution in [3.05, 3.63) is 95.4 Å². The summed E-state index contributed by atoms with van der Waals surface area (Å²) in [5.74, 6) is -0.419. The Kier molecular flexibility index (Phi) is 7.01. The van der Waals surface area contributed by atoms with Crippen molar-refractivity contribution in [2.75, 3.05) is 19.5 Å². The fourth-order valence-corrected chi connectivity index (χ4v) is 2.78. The van der Waals surface area contributed by atoms with E-state index in [1.165, 1.54) is 44.6 Å². The lowest BCUT2D eigenvalue weighted by Crippen LogP contribution is -2.30. The molecule has 31 heavy (non-hydrogen) atoms. The van der Waals surface area contributed by atoms with Crippen molar-refractivity contribution < 1.29 is 23.5 Å². The number of methoxy groups -OCH3 is 2. The lowest BCUT2D eigenvalue weighted by atomic mass is 10.1. The zero-order valence-corrected chi connectivity index (χ0v) is 17.0. The van der Waals surface area contributed by atoms with Crippen LogP contribution in [0.5, 0.6) is 11.5 Å². The third kappa shape index (κ3) is 5.70. The molecule has 0 bridgehead atoms. The Hall–Kier alpha value is -4.13. The third-order valence-electron chi connectivity index (χ3n) is 4.35. The van der Waals surface area contributed by atoms with Crippen LogP contribution in [0.1, 0.15) is 15.9 Å². The fourth-order valence-electron chi connectivity index (χ4n) is 2.78. The van der Waals surface area contributed by atoms with Crippen LogP contribution < -0.4 is 20.1 Å². The summed E-state index contributed by atoms with van der Waals surface area (Å²) >= 11 is 0. The first kappa shape index (κ1) is 21.6. The molecule has 0 aliphatic carbocycles. The van der Waals surface area contributed by atoms with Gasteiger partial charge in [-0.2, -0.15) is 0 Å².